The van der Waals surface area contributed by atoms with Crippen molar-refractivity contribution < 1.29 is 4.79 Å². The molecule has 0 atom stereocenters. The number of carbonyl (C=O) groups is 1. The average Bonchev–Trinajstić information content (AvgIpc) is 2.92. The van der Waals surface area contributed by atoms with Crippen LogP contribution in [-0.4, -0.2) is 41.5 Å². The molecule has 0 bridgehead atoms. The van der Waals surface area contributed by atoms with Crippen molar-refractivity contribution in [2.75, 3.05) is 24.5 Å². The highest BCUT2D eigenvalue weighted by Gasteiger charge is 2.25. The maximum Gasteiger partial charge on any atom is 0.253 e. The van der Waals surface area contributed by atoms with E-state index in [-0.39, 0.29) is 18.0 Å². The minimum absolute atomic E-state index is 0.142. The molecule has 2 heterocycles. The van der Waals surface area contributed by atoms with Crippen molar-refractivity contribution in [3.8, 4) is 11.1 Å². The summed E-state index contributed by atoms with van der Waals surface area (Å²) in [4.78, 5) is 34.1. The number of carbonyl (C=O) groups excluding carboxylic acids is 1. The van der Waals surface area contributed by atoms with Crippen LogP contribution in [0.3, 0.4) is 0 Å². The van der Waals surface area contributed by atoms with Crippen molar-refractivity contribution in [2.24, 2.45) is 0 Å². The molecule has 212 valence electrons. The Balaban J connectivity index is 1.48. The molecular weight excluding hydrogens is 496 g/mol. The Hall–Kier alpha value is -3.38. The topological polar surface area (TPSA) is 68.4 Å². The molecule has 0 unspecified atom stereocenters. The minimum atomic E-state index is -0.144. The first kappa shape index (κ1) is 28.2. The van der Waals surface area contributed by atoms with E-state index in [1.54, 1.807) is 0 Å². The van der Waals surface area contributed by atoms with E-state index in [0.29, 0.717) is 17.2 Å². The number of anilines is 1. The van der Waals surface area contributed by atoms with Crippen molar-refractivity contribution in [1.82, 2.24) is 15.2 Å². The van der Waals surface area contributed by atoms with Crippen molar-refractivity contribution in [3.05, 3.63) is 86.3 Å². The maximum atomic E-state index is 13.7. The van der Waals surface area contributed by atoms with Crippen LogP contribution >= 0.6 is 0 Å². The summed E-state index contributed by atoms with van der Waals surface area (Å²) in [7, 11) is 0. The maximum absolute atomic E-state index is 13.7. The highest BCUT2D eigenvalue weighted by molar-refractivity contribution is 5.99. The van der Waals surface area contributed by atoms with E-state index in [1.165, 1.54) is 57.2 Å². The number of benzene rings is 2. The number of nitrogens with zero attached hydrogens (tertiary/aromatic N) is 2. The van der Waals surface area contributed by atoms with Crippen molar-refractivity contribution in [1.29, 1.82) is 0 Å². The van der Waals surface area contributed by atoms with Crippen LogP contribution in [0.15, 0.2) is 47.3 Å². The van der Waals surface area contributed by atoms with Gasteiger partial charge in [0.25, 0.3) is 11.5 Å². The van der Waals surface area contributed by atoms with Crippen molar-refractivity contribution in [2.45, 2.75) is 85.4 Å². The molecule has 2 aliphatic rings. The van der Waals surface area contributed by atoms with E-state index in [4.69, 9.17) is 0 Å². The fourth-order valence-electron chi connectivity index (χ4n) is 6.38. The number of likely N-dealkylation sites (tertiary alicyclic amines) is 1. The fraction of sp³-hybridized carbons (Fsp3) is 0.471. The molecule has 6 nitrogen and oxygen atoms in total. The summed E-state index contributed by atoms with van der Waals surface area (Å²) in [6.07, 6.45) is 7.51. The summed E-state index contributed by atoms with van der Waals surface area (Å²) in [5, 5.41) is 3.06. The predicted molar refractivity (Wildman–Crippen MR) is 164 cm³/mol. The van der Waals surface area contributed by atoms with Gasteiger partial charge in [0.2, 0.25) is 0 Å². The molecule has 1 saturated heterocycles. The van der Waals surface area contributed by atoms with E-state index >= 15 is 0 Å². The van der Waals surface area contributed by atoms with Crippen LogP contribution in [0.5, 0.6) is 0 Å². The van der Waals surface area contributed by atoms with Crippen molar-refractivity contribution >= 4 is 11.6 Å². The Morgan fingerprint density at radius 3 is 2.33 bits per heavy atom. The lowest BCUT2D eigenvalue weighted by molar-refractivity contribution is 0.0950. The van der Waals surface area contributed by atoms with Gasteiger partial charge in [-0.2, -0.15) is 0 Å². The van der Waals surface area contributed by atoms with Crippen molar-refractivity contribution in [3.63, 3.8) is 0 Å². The predicted octanol–water partition coefficient (Wildman–Crippen LogP) is 6.26. The summed E-state index contributed by atoms with van der Waals surface area (Å²) >= 11 is 0. The smallest absolute Gasteiger partial charge is 0.253 e. The van der Waals surface area contributed by atoms with Crippen LogP contribution in [0.25, 0.3) is 11.1 Å². The molecule has 1 aliphatic carbocycles. The lowest BCUT2D eigenvalue weighted by Crippen LogP contribution is -2.37. The number of aryl methyl sites for hydroxylation is 2. The highest BCUT2D eigenvalue weighted by Crippen LogP contribution is 2.35. The summed E-state index contributed by atoms with van der Waals surface area (Å²) in [5.41, 5.74) is 8.48. The second-order valence-corrected chi connectivity index (χ2v) is 11.7. The SMILES string of the molecule is CCN(c1cc(-c2ccc(CN3CCC3)cc2)cc(C(=O)NCc2c(C)cc(C)[nH]c2=O)c1C)C1CCCCC1. The number of hydrogen-bond donors (Lipinski definition) is 2. The lowest BCUT2D eigenvalue weighted by Gasteiger charge is -2.37. The Kier molecular flexibility index (Phi) is 8.75. The van der Waals surface area contributed by atoms with E-state index in [1.807, 2.05) is 26.0 Å². The molecule has 5 rings (SSSR count). The fourth-order valence-corrected chi connectivity index (χ4v) is 6.38. The van der Waals surface area contributed by atoms with Crippen LogP contribution in [0, 0.1) is 20.8 Å². The van der Waals surface area contributed by atoms with Gasteiger partial charge in [0.05, 0.1) is 0 Å². The third-order valence-electron chi connectivity index (χ3n) is 8.85. The highest BCUT2D eigenvalue weighted by atomic mass is 16.1. The number of H-pyrrole nitrogens is 1. The molecule has 3 aromatic rings. The number of rotatable bonds is 9. The Labute approximate surface area is 238 Å². The zero-order valence-electron chi connectivity index (χ0n) is 24.6. The number of amides is 1. The molecular formula is C34H44N4O2. The van der Waals surface area contributed by atoms with E-state index < -0.39 is 0 Å². The zero-order valence-corrected chi connectivity index (χ0v) is 24.6. The van der Waals surface area contributed by atoms with Gasteiger partial charge in [-0.1, -0.05) is 43.5 Å². The molecule has 6 heteroatoms. The first-order valence-corrected chi connectivity index (χ1v) is 15.0. The summed E-state index contributed by atoms with van der Waals surface area (Å²) in [6, 6.07) is 15.6. The molecule has 2 fully saturated rings. The van der Waals surface area contributed by atoms with Gasteiger partial charge in [0.1, 0.15) is 0 Å². The van der Waals surface area contributed by atoms with Gasteiger partial charge in [0, 0.05) is 48.2 Å². The summed E-state index contributed by atoms with van der Waals surface area (Å²) in [6.45, 7) is 12.5. The van der Waals surface area contributed by atoms with Crippen LogP contribution in [0.4, 0.5) is 5.69 Å². The molecule has 1 aliphatic heterocycles. The Morgan fingerprint density at radius 1 is 0.975 bits per heavy atom. The van der Waals surface area contributed by atoms with Gasteiger partial charge < -0.3 is 15.2 Å². The largest absolute Gasteiger partial charge is 0.369 e. The number of aromatic amines is 1. The quantitative estimate of drug-likeness (QED) is 0.336. The van der Waals surface area contributed by atoms with Gasteiger partial charge in [-0.15, -0.1) is 0 Å². The summed E-state index contributed by atoms with van der Waals surface area (Å²) < 4.78 is 0. The van der Waals surface area contributed by atoms with Crippen LogP contribution in [0.2, 0.25) is 0 Å². The molecule has 0 spiro atoms. The molecule has 1 aromatic heterocycles. The zero-order chi connectivity index (χ0) is 28.2. The average molecular weight is 541 g/mol. The van der Waals surface area contributed by atoms with Crippen LogP contribution in [0.1, 0.15) is 83.8 Å². The third kappa shape index (κ3) is 6.17. The minimum Gasteiger partial charge on any atom is -0.369 e. The Bertz CT molecular complexity index is 1400. The number of aromatic nitrogens is 1. The molecule has 0 radical (unpaired) electrons. The number of hydrogen-bond acceptors (Lipinski definition) is 4. The van der Waals surface area contributed by atoms with Crippen LogP contribution < -0.4 is 15.8 Å². The molecule has 1 amide bonds. The monoisotopic (exact) mass is 540 g/mol. The normalized spacial score (nSPS) is 16.0. The summed E-state index contributed by atoms with van der Waals surface area (Å²) in [5.74, 6) is -0.144. The first-order valence-electron chi connectivity index (χ1n) is 15.0. The van der Waals surface area contributed by atoms with E-state index in [2.05, 4.69) is 64.3 Å². The Morgan fingerprint density at radius 2 is 1.70 bits per heavy atom. The standard InChI is InChI=1S/C34H44N4O2/c1-5-38(29-10-7-6-8-11-29)32-20-28(27-14-12-26(13-15-27)22-37-16-9-17-37)19-30(25(32)4)33(39)35-21-31-23(2)18-24(3)36-34(31)40/h12-15,18-20,29H,5-11,16-17,21-22H2,1-4H3,(H,35,39)(H,36,40). The molecule has 2 N–H and O–H groups in total. The molecule has 2 aromatic carbocycles. The van der Waals surface area contributed by atoms with E-state index in [9.17, 15) is 9.59 Å². The van der Waals surface area contributed by atoms with Gasteiger partial charge >= 0.3 is 0 Å². The van der Waals surface area contributed by atoms with Crippen LogP contribution in [-0.2, 0) is 13.1 Å². The third-order valence-corrected chi connectivity index (χ3v) is 8.85. The van der Waals surface area contributed by atoms with Gasteiger partial charge in [-0.05, 0) is 106 Å². The first-order chi connectivity index (χ1) is 19.3. The second-order valence-electron chi connectivity index (χ2n) is 11.7. The van der Waals surface area contributed by atoms with Gasteiger partial charge in [0.15, 0.2) is 0 Å². The second kappa shape index (κ2) is 12.4. The molecule has 1 saturated carbocycles. The number of pyridine rings is 1. The van der Waals surface area contributed by atoms with Gasteiger partial charge in [-0.3, -0.25) is 14.5 Å². The molecule has 40 heavy (non-hydrogen) atoms. The van der Waals surface area contributed by atoms with Gasteiger partial charge in [-0.25, -0.2) is 0 Å². The number of nitrogens with one attached hydrogen (secondary N) is 2. The van der Waals surface area contributed by atoms with E-state index in [0.717, 1.165) is 46.7 Å². The lowest BCUT2D eigenvalue weighted by atomic mass is 9.91.